The Morgan fingerprint density at radius 2 is 1.94 bits per heavy atom. The normalized spacial score (nSPS) is 24.2. The summed E-state index contributed by atoms with van der Waals surface area (Å²) in [7, 11) is 2.18. The molecular formula is C28H37N5OS. The van der Waals surface area contributed by atoms with E-state index < -0.39 is 0 Å². The lowest BCUT2D eigenvalue weighted by atomic mass is 9.86. The molecule has 5 rings (SSSR count). The zero-order valence-electron chi connectivity index (χ0n) is 21.3. The third kappa shape index (κ3) is 4.82. The number of fused-ring (bicyclic) bond motifs is 1. The van der Waals surface area contributed by atoms with Gasteiger partial charge in [0, 0.05) is 50.7 Å². The van der Waals surface area contributed by atoms with Gasteiger partial charge in [0.2, 0.25) is 0 Å². The number of nitrogens with one attached hydrogen (secondary N) is 1. The highest BCUT2D eigenvalue weighted by molar-refractivity contribution is 7.80. The molecule has 2 atom stereocenters. The Bertz CT molecular complexity index is 1100. The Kier molecular flexibility index (Phi) is 6.84. The fourth-order valence-electron chi connectivity index (χ4n) is 5.66. The van der Waals surface area contributed by atoms with Crippen LogP contribution >= 0.6 is 12.2 Å². The van der Waals surface area contributed by atoms with Crippen LogP contribution in [-0.4, -0.2) is 71.9 Å². The maximum atomic E-state index is 5.89. The van der Waals surface area contributed by atoms with Crippen LogP contribution in [0.3, 0.4) is 0 Å². The van der Waals surface area contributed by atoms with Crippen molar-refractivity contribution in [2.75, 3.05) is 51.3 Å². The Labute approximate surface area is 215 Å². The number of morpholine rings is 1. The van der Waals surface area contributed by atoms with Gasteiger partial charge in [0.1, 0.15) is 0 Å². The summed E-state index contributed by atoms with van der Waals surface area (Å²) in [5.41, 5.74) is 6.21. The maximum absolute atomic E-state index is 5.89. The summed E-state index contributed by atoms with van der Waals surface area (Å²) < 4.78 is 5.51. The molecule has 0 aliphatic carbocycles. The molecular weight excluding hydrogens is 454 g/mol. The first-order valence-electron chi connectivity index (χ1n) is 12.7. The molecule has 35 heavy (non-hydrogen) atoms. The number of anilines is 1. The van der Waals surface area contributed by atoms with Crippen molar-refractivity contribution in [2.24, 2.45) is 0 Å². The van der Waals surface area contributed by atoms with Crippen LogP contribution in [0.5, 0.6) is 0 Å². The Morgan fingerprint density at radius 3 is 2.69 bits per heavy atom. The van der Waals surface area contributed by atoms with Crippen LogP contribution in [0.1, 0.15) is 56.1 Å². The van der Waals surface area contributed by atoms with E-state index in [1.54, 1.807) is 0 Å². The molecule has 0 saturated carbocycles. The second-order valence-corrected chi connectivity index (χ2v) is 10.8. The van der Waals surface area contributed by atoms with Gasteiger partial charge < -0.3 is 19.9 Å². The summed E-state index contributed by atoms with van der Waals surface area (Å²) in [5.74, 6) is 0. The SMILES string of the molecule is CC1=CC(C)(C)N(C)c2ccc([C@@H]3[C@@H](c4ccccn4)NC(=S)N3CCCN3CCOCC3)cc21. The van der Waals surface area contributed by atoms with Crippen LogP contribution in [-0.2, 0) is 4.74 Å². The van der Waals surface area contributed by atoms with Gasteiger partial charge in [0.25, 0.3) is 0 Å². The molecule has 1 aromatic carbocycles. The van der Waals surface area contributed by atoms with Gasteiger partial charge in [0.05, 0.1) is 36.5 Å². The molecule has 0 bridgehead atoms. The summed E-state index contributed by atoms with van der Waals surface area (Å²) >= 11 is 5.89. The van der Waals surface area contributed by atoms with Crippen LogP contribution in [0.4, 0.5) is 5.69 Å². The van der Waals surface area contributed by atoms with Crippen LogP contribution in [0.25, 0.3) is 5.57 Å². The molecule has 0 unspecified atom stereocenters. The van der Waals surface area contributed by atoms with Gasteiger partial charge in [-0.05, 0) is 74.8 Å². The van der Waals surface area contributed by atoms with E-state index in [1.165, 1.54) is 22.4 Å². The number of pyridine rings is 1. The summed E-state index contributed by atoms with van der Waals surface area (Å²) in [5, 5.41) is 4.42. The van der Waals surface area contributed by atoms with Crippen molar-refractivity contribution in [2.45, 2.75) is 44.8 Å². The summed E-state index contributed by atoms with van der Waals surface area (Å²) in [4.78, 5) is 11.9. The van der Waals surface area contributed by atoms with E-state index in [2.05, 4.69) is 84.2 Å². The molecule has 0 amide bonds. The van der Waals surface area contributed by atoms with Crippen molar-refractivity contribution in [3.05, 3.63) is 65.5 Å². The number of hydrogen-bond acceptors (Lipinski definition) is 5. The van der Waals surface area contributed by atoms with Gasteiger partial charge in [-0.25, -0.2) is 0 Å². The van der Waals surface area contributed by atoms with Gasteiger partial charge in [-0.15, -0.1) is 0 Å². The number of ether oxygens (including phenoxy) is 1. The van der Waals surface area contributed by atoms with E-state index in [4.69, 9.17) is 21.9 Å². The van der Waals surface area contributed by atoms with Gasteiger partial charge in [-0.3, -0.25) is 9.88 Å². The molecule has 0 spiro atoms. The number of allylic oxidation sites excluding steroid dienone is 1. The minimum absolute atomic E-state index is 0.00288. The van der Waals surface area contributed by atoms with Crippen molar-refractivity contribution in [3.63, 3.8) is 0 Å². The van der Waals surface area contributed by atoms with Gasteiger partial charge >= 0.3 is 0 Å². The van der Waals surface area contributed by atoms with Gasteiger partial charge in [-0.1, -0.05) is 18.2 Å². The zero-order chi connectivity index (χ0) is 24.6. The quantitative estimate of drug-likeness (QED) is 0.601. The lowest BCUT2D eigenvalue weighted by Gasteiger charge is -2.41. The van der Waals surface area contributed by atoms with E-state index in [0.29, 0.717) is 0 Å². The topological polar surface area (TPSA) is 43.9 Å². The van der Waals surface area contributed by atoms with E-state index >= 15 is 0 Å². The fraction of sp³-hybridized carbons (Fsp3) is 0.500. The molecule has 2 aromatic rings. The number of hydrogen-bond donors (Lipinski definition) is 1. The zero-order valence-corrected chi connectivity index (χ0v) is 22.1. The highest BCUT2D eigenvalue weighted by atomic mass is 32.1. The summed E-state index contributed by atoms with van der Waals surface area (Å²) in [6.07, 6.45) is 5.30. The lowest BCUT2D eigenvalue weighted by Crippen LogP contribution is -2.42. The molecule has 1 aromatic heterocycles. The Hall–Kier alpha value is -2.48. The molecule has 186 valence electrons. The third-order valence-electron chi connectivity index (χ3n) is 7.76. The molecule has 3 aliphatic rings. The van der Waals surface area contributed by atoms with Crippen LogP contribution < -0.4 is 10.2 Å². The third-order valence-corrected chi connectivity index (χ3v) is 8.11. The number of aromatic nitrogens is 1. The summed E-state index contributed by atoms with van der Waals surface area (Å²) in [6.45, 7) is 12.4. The van der Waals surface area contributed by atoms with E-state index in [1.807, 2.05) is 12.3 Å². The van der Waals surface area contributed by atoms with Crippen molar-refractivity contribution in [1.29, 1.82) is 0 Å². The largest absolute Gasteiger partial charge is 0.379 e. The van der Waals surface area contributed by atoms with Gasteiger partial charge in [0.15, 0.2) is 5.11 Å². The summed E-state index contributed by atoms with van der Waals surface area (Å²) in [6, 6.07) is 13.2. The molecule has 0 radical (unpaired) electrons. The average molecular weight is 492 g/mol. The molecule has 4 heterocycles. The second kappa shape index (κ2) is 9.88. The molecule has 2 saturated heterocycles. The molecule has 7 heteroatoms. The highest BCUT2D eigenvalue weighted by Crippen LogP contribution is 2.43. The lowest BCUT2D eigenvalue weighted by molar-refractivity contribution is 0.0365. The van der Waals surface area contributed by atoms with Crippen LogP contribution in [0.2, 0.25) is 0 Å². The van der Waals surface area contributed by atoms with Crippen molar-refractivity contribution >= 4 is 28.6 Å². The predicted molar refractivity (Wildman–Crippen MR) is 147 cm³/mol. The monoisotopic (exact) mass is 491 g/mol. The van der Waals surface area contributed by atoms with Crippen LogP contribution in [0, 0.1) is 0 Å². The minimum Gasteiger partial charge on any atom is -0.379 e. The van der Waals surface area contributed by atoms with Crippen molar-refractivity contribution < 1.29 is 4.74 Å². The van der Waals surface area contributed by atoms with Crippen LogP contribution in [0.15, 0.2) is 48.7 Å². The maximum Gasteiger partial charge on any atom is 0.170 e. The molecule has 3 aliphatic heterocycles. The average Bonchev–Trinajstić information content (AvgIpc) is 3.19. The van der Waals surface area contributed by atoms with E-state index in [-0.39, 0.29) is 17.6 Å². The highest BCUT2D eigenvalue weighted by Gasteiger charge is 2.40. The smallest absolute Gasteiger partial charge is 0.170 e. The number of likely N-dealkylation sites (N-methyl/N-ethyl adjacent to an activating group) is 1. The number of thiocarbonyl (C=S) groups is 1. The van der Waals surface area contributed by atoms with Crippen molar-refractivity contribution in [3.8, 4) is 0 Å². The number of benzene rings is 1. The first-order chi connectivity index (χ1) is 16.8. The molecule has 6 nitrogen and oxygen atoms in total. The fourth-order valence-corrected chi connectivity index (χ4v) is 5.99. The number of nitrogens with zero attached hydrogens (tertiary/aromatic N) is 4. The molecule has 2 fully saturated rings. The standard InChI is InChI=1S/C28H37N5OS/c1-20-19-28(2,3)31(4)24-10-9-21(18-22(20)24)26-25(23-8-5-6-11-29-23)30-27(35)33(26)13-7-12-32-14-16-34-17-15-32/h5-6,8-11,18-19,25-26H,7,12-17H2,1-4H3,(H,30,35)/t25-,26-/m1/s1. The Balaban J connectivity index is 1.45. The predicted octanol–water partition coefficient (Wildman–Crippen LogP) is 4.41. The van der Waals surface area contributed by atoms with E-state index in [0.717, 1.165) is 56.6 Å². The Morgan fingerprint density at radius 1 is 1.14 bits per heavy atom. The van der Waals surface area contributed by atoms with Crippen molar-refractivity contribution in [1.82, 2.24) is 20.1 Å². The minimum atomic E-state index is -0.00288. The number of rotatable bonds is 6. The first-order valence-corrected chi connectivity index (χ1v) is 13.1. The first kappa shape index (κ1) is 24.2. The van der Waals surface area contributed by atoms with Gasteiger partial charge in [-0.2, -0.15) is 0 Å². The molecule has 1 N–H and O–H groups in total. The second-order valence-electron chi connectivity index (χ2n) is 10.4. The van der Waals surface area contributed by atoms with E-state index in [9.17, 15) is 0 Å².